The van der Waals surface area contributed by atoms with Gasteiger partial charge in [0.05, 0.1) is 7.11 Å². The van der Waals surface area contributed by atoms with Gasteiger partial charge in [0.15, 0.2) is 0 Å². The standard InChI is InChI=1S/C16H23NO/c1-18-16-9-8-12(11-13-5-4-10-17-13)14-6-2-3-7-15(14)16/h8-9,13,17H,2-7,10-11H2,1H3. The molecule has 2 aliphatic rings. The van der Waals surface area contributed by atoms with Gasteiger partial charge in [-0.15, -0.1) is 0 Å². The maximum atomic E-state index is 5.52. The second-order valence-electron chi connectivity index (χ2n) is 5.59. The number of ether oxygens (including phenoxy) is 1. The van der Waals surface area contributed by atoms with E-state index < -0.39 is 0 Å². The topological polar surface area (TPSA) is 21.3 Å². The van der Waals surface area contributed by atoms with Crippen molar-refractivity contribution in [2.24, 2.45) is 0 Å². The van der Waals surface area contributed by atoms with E-state index in [1.807, 2.05) is 0 Å². The van der Waals surface area contributed by atoms with Crippen LogP contribution in [0.5, 0.6) is 5.75 Å². The predicted octanol–water partition coefficient (Wildman–Crippen LogP) is 2.87. The zero-order valence-electron chi connectivity index (χ0n) is 11.3. The second kappa shape index (κ2) is 5.31. The Morgan fingerprint density at radius 1 is 1.17 bits per heavy atom. The Morgan fingerprint density at radius 3 is 2.72 bits per heavy atom. The molecule has 1 aliphatic heterocycles. The lowest BCUT2D eigenvalue weighted by Crippen LogP contribution is -2.24. The van der Waals surface area contributed by atoms with Gasteiger partial charge in [-0.25, -0.2) is 0 Å². The van der Waals surface area contributed by atoms with Gasteiger partial charge in [0.2, 0.25) is 0 Å². The van der Waals surface area contributed by atoms with Gasteiger partial charge >= 0.3 is 0 Å². The Hall–Kier alpha value is -1.02. The summed E-state index contributed by atoms with van der Waals surface area (Å²) in [6.07, 6.45) is 8.97. The Kier molecular flexibility index (Phi) is 3.55. The summed E-state index contributed by atoms with van der Waals surface area (Å²) in [5.41, 5.74) is 4.64. The van der Waals surface area contributed by atoms with E-state index in [0.29, 0.717) is 6.04 Å². The van der Waals surface area contributed by atoms with Crippen molar-refractivity contribution in [1.82, 2.24) is 5.32 Å². The van der Waals surface area contributed by atoms with Crippen LogP contribution in [0, 0.1) is 0 Å². The highest BCUT2D eigenvalue weighted by Crippen LogP contribution is 2.33. The van der Waals surface area contributed by atoms with Crippen LogP contribution in [-0.2, 0) is 19.3 Å². The fourth-order valence-corrected chi connectivity index (χ4v) is 3.49. The van der Waals surface area contributed by atoms with Crippen molar-refractivity contribution in [2.45, 2.75) is 51.0 Å². The van der Waals surface area contributed by atoms with Crippen molar-refractivity contribution in [3.8, 4) is 5.75 Å². The summed E-state index contributed by atoms with van der Waals surface area (Å²) in [4.78, 5) is 0. The molecule has 0 radical (unpaired) electrons. The molecule has 0 bridgehead atoms. The average molecular weight is 245 g/mol. The molecule has 98 valence electrons. The normalized spacial score (nSPS) is 22.8. The number of hydrogen-bond acceptors (Lipinski definition) is 2. The highest BCUT2D eigenvalue weighted by molar-refractivity contribution is 5.47. The van der Waals surface area contributed by atoms with Gasteiger partial charge in [0.25, 0.3) is 0 Å². The van der Waals surface area contributed by atoms with Gasteiger partial charge in [-0.05, 0) is 74.2 Å². The molecule has 1 fully saturated rings. The maximum Gasteiger partial charge on any atom is 0.122 e. The molecule has 2 heteroatoms. The fourth-order valence-electron chi connectivity index (χ4n) is 3.49. The minimum atomic E-state index is 0.699. The van der Waals surface area contributed by atoms with Crippen molar-refractivity contribution in [3.05, 3.63) is 28.8 Å². The van der Waals surface area contributed by atoms with Gasteiger partial charge in [-0.2, -0.15) is 0 Å². The highest BCUT2D eigenvalue weighted by atomic mass is 16.5. The van der Waals surface area contributed by atoms with Gasteiger partial charge < -0.3 is 10.1 Å². The maximum absolute atomic E-state index is 5.52. The summed E-state index contributed by atoms with van der Waals surface area (Å²) in [5, 5.41) is 3.61. The zero-order valence-corrected chi connectivity index (χ0v) is 11.3. The molecule has 0 amide bonds. The molecule has 18 heavy (non-hydrogen) atoms. The molecule has 3 rings (SSSR count). The first-order chi connectivity index (χ1) is 8.88. The number of hydrogen-bond donors (Lipinski definition) is 1. The molecule has 1 atom stereocenters. The van der Waals surface area contributed by atoms with E-state index >= 15 is 0 Å². The van der Waals surface area contributed by atoms with Crippen molar-refractivity contribution in [1.29, 1.82) is 0 Å². The first kappa shape index (κ1) is 12.0. The molecule has 0 spiro atoms. The van der Waals surface area contributed by atoms with E-state index in [1.165, 1.54) is 57.1 Å². The van der Waals surface area contributed by atoms with Crippen LogP contribution in [0.15, 0.2) is 12.1 Å². The molecule has 0 saturated carbocycles. The number of benzene rings is 1. The van der Waals surface area contributed by atoms with Crippen LogP contribution in [-0.4, -0.2) is 19.7 Å². The van der Waals surface area contributed by atoms with Crippen LogP contribution in [0.3, 0.4) is 0 Å². The number of rotatable bonds is 3. The van der Waals surface area contributed by atoms with E-state index in [1.54, 1.807) is 18.2 Å². The molecule has 1 heterocycles. The quantitative estimate of drug-likeness (QED) is 0.884. The Labute approximate surface area is 110 Å². The highest BCUT2D eigenvalue weighted by Gasteiger charge is 2.21. The molecule has 1 aliphatic carbocycles. The van der Waals surface area contributed by atoms with Crippen molar-refractivity contribution in [3.63, 3.8) is 0 Å². The molecule has 0 aromatic heterocycles. The SMILES string of the molecule is COc1ccc(CC2CCCN2)c2c1CCCC2. The van der Waals surface area contributed by atoms with Crippen molar-refractivity contribution >= 4 is 0 Å². The van der Waals surface area contributed by atoms with Gasteiger partial charge in [-0.3, -0.25) is 0 Å². The van der Waals surface area contributed by atoms with E-state index in [2.05, 4.69) is 17.4 Å². The van der Waals surface area contributed by atoms with E-state index in [0.717, 1.165) is 5.75 Å². The second-order valence-corrected chi connectivity index (χ2v) is 5.59. The molecular weight excluding hydrogens is 222 g/mol. The zero-order chi connectivity index (χ0) is 12.4. The third-order valence-corrected chi connectivity index (χ3v) is 4.44. The van der Waals surface area contributed by atoms with Crippen molar-refractivity contribution < 1.29 is 4.74 Å². The summed E-state index contributed by atoms with van der Waals surface area (Å²) in [5.74, 6) is 1.10. The largest absolute Gasteiger partial charge is 0.496 e. The Balaban J connectivity index is 1.89. The average Bonchev–Trinajstić information content (AvgIpc) is 2.92. The van der Waals surface area contributed by atoms with E-state index in [-0.39, 0.29) is 0 Å². The minimum absolute atomic E-state index is 0.699. The van der Waals surface area contributed by atoms with Gasteiger partial charge in [0, 0.05) is 6.04 Å². The molecular formula is C16H23NO. The molecule has 1 aromatic rings. The lowest BCUT2D eigenvalue weighted by atomic mass is 9.85. The molecule has 1 saturated heterocycles. The monoisotopic (exact) mass is 245 g/mol. The van der Waals surface area contributed by atoms with E-state index in [4.69, 9.17) is 4.74 Å². The van der Waals surface area contributed by atoms with Crippen LogP contribution in [0.25, 0.3) is 0 Å². The third-order valence-electron chi connectivity index (χ3n) is 4.44. The smallest absolute Gasteiger partial charge is 0.122 e. The molecule has 1 unspecified atom stereocenters. The number of fused-ring (bicyclic) bond motifs is 1. The van der Waals surface area contributed by atoms with Crippen LogP contribution in [0.4, 0.5) is 0 Å². The Bertz CT molecular complexity index is 421. The van der Waals surface area contributed by atoms with Crippen LogP contribution in [0.1, 0.15) is 42.4 Å². The van der Waals surface area contributed by atoms with Crippen LogP contribution < -0.4 is 10.1 Å². The lowest BCUT2D eigenvalue weighted by Gasteiger charge is -2.23. The Morgan fingerprint density at radius 2 is 2.00 bits per heavy atom. The molecule has 1 aromatic carbocycles. The van der Waals surface area contributed by atoms with E-state index in [9.17, 15) is 0 Å². The van der Waals surface area contributed by atoms with Gasteiger partial charge in [-0.1, -0.05) is 6.07 Å². The lowest BCUT2D eigenvalue weighted by molar-refractivity contribution is 0.405. The fraction of sp³-hybridized carbons (Fsp3) is 0.625. The minimum Gasteiger partial charge on any atom is -0.496 e. The summed E-state index contributed by atoms with van der Waals surface area (Å²) in [6.45, 7) is 1.20. The summed E-state index contributed by atoms with van der Waals surface area (Å²) >= 11 is 0. The number of methoxy groups -OCH3 is 1. The summed E-state index contributed by atoms with van der Waals surface area (Å²) < 4.78 is 5.52. The van der Waals surface area contributed by atoms with Crippen LogP contribution in [0.2, 0.25) is 0 Å². The van der Waals surface area contributed by atoms with Crippen molar-refractivity contribution in [2.75, 3.05) is 13.7 Å². The summed E-state index contributed by atoms with van der Waals surface area (Å²) in [7, 11) is 1.79. The number of nitrogens with one attached hydrogen (secondary N) is 1. The van der Waals surface area contributed by atoms with Crippen LogP contribution >= 0.6 is 0 Å². The first-order valence-corrected chi connectivity index (χ1v) is 7.29. The first-order valence-electron chi connectivity index (χ1n) is 7.29. The molecule has 2 nitrogen and oxygen atoms in total. The third kappa shape index (κ3) is 2.26. The summed E-state index contributed by atoms with van der Waals surface area (Å²) in [6, 6.07) is 5.17. The molecule has 1 N–H and O–H groups in total. The van der Waals surface area contributed by atoms with Gasteiger partial charge in [0.1, 0.15) is 5.75 Å². The predicted molar refractivity (Wildman–Crippen MR) is 74.4 cm³/mol.